The summed E-state index contributed by atoms with van der Waals surface area (Å²) in [6, 6.07) is 8.69. The summed E-state index contributed by atoms with van der Waals surface area (Å²) in [5.74, 6) is 0. The van der Waals surface area contributed by atoms with Crippen LogP contribution in [0.25, 0.3) is 11.2 Å². The van der Waals surface area contributed by atoms with Gasteiger partial charge in [-0.25, -0.2) is 9.78 Å². The summed E-state index contributed by atoms with van der Waals surface area (Å²) in [6.07, 6.45) is 3.59. The number of piperazine rings is 1. The summed E-state index contributed by atoms with van der Waals surface area (Å²) >= 11 is 0. The molecule has 3 aromatic rings. The molecule has 1 aliphatic heterocycles. The first-order chi connectivity index (χ1) is 13.7. The summed E-state index contributed by atoms with van der Waals surface area (Å²) in [5, 5.41) is 3.36. The predicted molar refractivity (Wildman–Crippen MR) is 109 cm³/mol. The van der Waals surface area contributed by atoms with Crippen molar-refractivity contribution in [1.29, 1.82) is 0 Å². The molecule has 2 aromatic heterocycles. The number of H-pyrrole nitrogens is 1. The quantitative estimate of drug-likeness (QED) is 0.606. The summed E-state index contributed by atoms with van der Waals surface area (Å²) in [7, 11) is 0. The van der Waals surface area contributed by atoms with Crippen molar-refractivity contribution in [3.63, 3.8) is 0 Å². The van der Waals surface area contributed by atoms with E-state index in [9.17, 15) is 4.79 Å². The molecule has 0 aliphatic carbocycles. The van der Waals surface area contributed by atoms with Crippen molar-refractivity contribution in [2.45, 2.75) is 26.3 Å². The summed E-state index contributed by atoms with van der Waals surface area (Å²) < 4.78 is 7.22. The summed E-state index contributed by atoms with van der Waals surface area (Å²) in [4.78, 5) is 26.2. The van der Waals surface area contributed by atoms with Crippen LogP contribution in [0.4, 0.5) is 5.69 Å². The second kappa shape index (κ2) is 8.43. The molecule has 8 nitrogen and oxygen atoms in total. The number of imidazole rings is 1. The number of aromatic amines is 1. The summed E-state index contributed by atoms with van der Waals surface area (Å²) in [5.41, 5.74) is 3.25. The fourth-order valence-electron chi connectivity index (χ4n) is 3.37. The van der Waals surface area contributed by atoms with Crippen molar-refractivity contribution in [2.24, 2.45) is 0 Å². The van der Waals surface area contributed by atoms with Crippen LogP contribution in [-0.2, 0) is 6.54 Å². The molecule has 1 aliphatic rings. The van der Waals surface area contributed by atoms with E-state index in [4.69, 9.17) is 4.74 Å². The molecular formula is C20H26N6O2. The fourth-order valence-corrected chi connectivity index (χ4v) is 3.37. The van der Waals surface area contributed by atoms with Gasteiger partial charge in [-0.2, -0.15) is 4.98 Å². The number of hydrogen-bond donors (Lipinski definition) is 2. The van der Waals surface area contributed by atoms with Crippen LogP contribution in [0.5, 0.6) is 6.01 Å². The third kappa shape index (κ3) is 4.01. The molecule has 0 bridgehead atoms. The average molecular weight is 382 g/mol. The Bertz CT molecular complexity index is 973. The van der Waals surface area contributed by atoms with Gasteiger partial charge in [-0.3, -0.25) is 4.57 Å². The van der Waals surface area contributed by atoms with Crippen LogP contribution in [0.15, 0.2) is 35.3 Å². The molecule has 0 amide bonds. The lowest BCUT2D eigenvalue weighted by Crippen LogP contribution is -2.43. The van der Waals surface area contributed by atoms with Crippen LogP contribution in [-0.4, -0.2) is 52.3 Å². The lowest BCUT2D eigenvalue weighted by atomic mass is 10.2. The van der Waals surface area contributed by atoms with Gasteiger partial charge in [0.25, 0.3) is 0 Å². The van der Waals surface area contributed by atoms with E-state index in [1.807, 2.05) is 0 Å². The minimum atomic E-state index is -0.193. The fraction of sp³-hybridized carbons (Fsp3) is 0.450. The van der Waals surface area contributed by atoms with Crippen LogP contribution in [0, 0.1) is 0 Å². The summed E-state index contributed by atoms with van der Waals surface area (Å²) in [6.45, 7) is 7.17. The number of anilines is 1. The van der Waals surface area contributed by atoms with Gasteiger partial charge in [0.05, 0.1) is 19.3 Å². The zero-order valence-electron chi connectivity index (χ0n) is 16.1. The third-order valence-electron chi connectivity index (χ3n) is 4.98. The molecule has 3 heterocycles. The van der Waals surface area contributed by atoms with Crippen LogP contribution in [0.1, 0.15) is 25.3 Å². The zero-order chi connectivity index (χ0) is 19.3. The highest BCUT2D eigenvalue weighted by Gasteiger charge is 2.13. The van der Waals surface area contributed by atoms with Gasteiger partial charge in [0.15, 0.2) is 5.65 Å². The first-order valence-corrected chi connectivity index (χ1v) is 9.87. The Morgan fingerprint density at radius 3 is 2.71 bits per heavy atom. The second-order valence-electron chi connectivity index (χ2n) is 7.01. The van der Waals surface area contributed by atoms with Crippen LogP contribution >= 0.6 is 0 Å². The number of hydrogen-bond acceptors (Lipinski definition) is 6. The van der Waals surface area contributed by atoms with Crippen LogP contribution < -0.4 is 20.6 Å². The number of unbranched alkanes of at least 4 members (excludes halogenated alkanes) is 1. The predicted octanol–water partition coefficient (Wildman–Crippen LogP) is 1.76. The van der Waals surface area contributed by atoms with E-state index in [0.717, 1.165) is 44.6 Å². The topological polar surface area (TPSA) is 88.1 Å². The van der Waals surface area contributed by atoms with Crippen molar-refractivity contribution in [3.05, 3.63) is 46.5 Å². The van der Waals surface area contributed by atoms with Crippen molar-refractivity contribution < 1.29 is 4.74 Å². The molecule has 2 N–H and O–H groups in total. The number of fused-ring (bicyclic) bond motifs is 1. The van der Waals surface area contributed by atoms with Gasteiger partial charge in [-0.05, 0) is 24.1 Å². The lowest BCUT2D eigenvalue weighted by Gasteiger charge is -2.29. The normalized spacial score (nSPS) is 14.5. The van der Waals surface area contributed by atoms with Crippen LogP contribution in [0.2, 0.25) is 0 Å². The standard InChI is InChI=1S/C20H26N6O2/c1-2-3-12-28-19-22-13-17-18(24-19)26(20(27)23-17)14-15-4-6-16(7-5-15)25-10-8-21-9-11-25/h4-7,13,21H,2-3,8-12,14H2,1H3,(H,23,27). The number of nitrogens with one attached hydrogen (secondary N) is 2. The highest BCUT2D eigenvalue weighted by molar-refractivity contribution is 5.69. The van der Waals surface area contributed by atoms with E-state index in [1.54, 1.807) is 10.8 Å². The van der Waals surface area contributed by atoms with Gasteiger partial charge < -0.3 is 19.9 Å². The van der Waals surface area contributed by atoms with E-state index in [1.165, 1.54) is 5.69 Å². The van der Waals surface area contributed by atoms with Crippen molar-refractivity contribution in [1.82, 2.24) is 24.8 Å². The average Bonchev–Trinajstić information content (AvgIpc) is 3.04. The smallest absolute Gasteiger partial charge is 0.328 e. The Morgan fingerprint density at radius 1 is 1.18 bits per heavy atom. The maximum Gasteiger partial charge on any atom is 0.328 e. The van der Waals surface area contributed by atoms with E-state index < -0.39 is 0 Å². The zero-order valence-corrected chi connectivity index (χ0v) is 16.1. The monoisotopic (exact) mass is 382 g/mol. The van der Waals surface area contributed by atoms with Crippen molar-refractivity contribution in [2.75, 3.05) is 37.7 Å². The minimum Gasteiger partial charge on any atom is -0.463 e. The van der Waals surface area contributed by atoms with Gasteiger partial charge >= 0.3 is 11.7 Å². The SMILES string of the molecule is CCCCOc1ncc2[nH]c(=O)n(Cc3ccc(N4CCNCC4)cc3)c2n1. The van der Waals surface area contributed by atoms with Crippen molar-refractivity contribution >= 4 is 16.9 Å². The molecule has 0 atom stereocenters. The molecule has 0 radical (unpaired) electrons. The Balaban J connectivity index is 1.54. The Kier molecular flexibility index (Phi) is 5.57. The second-order valence-corrected chi connectivity index (χ2v) is 7.01. The first kappa shape index (κ1) is 18.5. The number of aromatic nitrogens is 4. The molecule has 0 saturated carbocycles. The molecule has 1 aromatic carbocycles. The molecule has 4 rings (SSSR count). The molecule has 1 saturated heterocycles. The van der Waals surface area contributed by atoms with Gasteiger partial charge in [0, 0.05) is 31.9 Å². The molecule has 0 unspecified atom stereocenters. The maximum atomic E-state index is 12.4. The Hall–Kier alpha value is -2.87. The number of ether oxygens (including phenoxy) is 1. The van der Waals surface area contributed by atoms with Gasteiger partial charge in [0.2, 0.25) is 0 Å². The molecule has 8 heteroatoms. The minimum absolute atomic E-state index is 0.193. The molecule has 1 fully saturated rings. The molecule has 148 valence electrons. The first-order valence-electron chi connectivity index (χ1n) is 9.87. The Labute approximate surface area is 163 Å². The van der Waals surface area contributed by atoms with Crippen LogP contribution in [0.3, 0.4) is 0 Å². The Morgan fingerprint density at radius 2 is 1.96 bits per heavy atom. The lowest BCUT2D eigenvalue weighted by molar-refractivity contribution is 0.286. The number of nitrogens with zero attached hydrogens (tertiary/aromatic N) is 4. The van der Waals surface area contributed by atoms with E-state index in [-0.39, 0.29) is 5.69 Å². The van der Waals surface area contributed by atoms with Gasteiger partial charge in [-0.15, -0.1) is 0 Å². The van der Waals surface area contributed by atoms with Gasteiger partial charge in [0.1, 0.15) is 5.52 Å². The van der Waals surface area contributed by atoms with E-state index >= 15 is 0 Å². The molecular weight excluding hydrogens is 356 g/mol. The number of rotatable bonds is 7. The third-order valence-corrected chi connectivity index (χ3v) is 4.98. The van der Waals surface area contributed by atoms with Crippen molar-refractivity contribution in [3.8, 4) is 6.01 Å². The highest BCUT2D eigenvalue weighted by Crippen LogP contribution is 2.17. The molecule has 0 spiro atoms. The maximum absolute atomic E-state index is 12.4. The molecule has 28 heavy (non-hydrogen) atoms. The van der Waals surface area contributed by atoms with E-state index in [2.05, 4.69) is 56.4 Å². The number of benzene rings is 1. The highest BCUT2D eigenvalue weighted by atomic mass is 16.5. The van der Waals surface area contributed by atoms with Gasteiger partial charge in [-0.1, -0.05) is 25.5 Å². The van der Waals surface area contributed by atoms with E-state index in [0.29, 0.717) is 30.3 Å². The largest absolute Gasteiger partial charge is 0.463 e.